The molecule has 1 aliphatic rings. The second kappa shape index (κ2) is 32.5. The van der Waals surface area contributed by atoms with Gasteiger partial charge < -0.3 is 59.8 Å². The highest BCUT2D eigenvalue weighted by molar-refractivity contribution is 5.75. The van der Waals surface area contributed by atoms with Crippen molar-refractivity contribution in [1.82, 2.24) is 69.7 Å². The first-order chi connectivity index (χ1) is 48.5. The van der Waals surface area contributed by atoms with Gasteiger partial charge in [0.1, 0.15) is 22.8 Å². The third-order valence-corrected chi connectivity index (χ3v) is 17.5. The highest BCUT2D eigenvalue weighted by atomic mass is 16.5. The summed E-state index contributed by atoms with van der Waals surface area (Å²) in [6, 6.07) is 40.6. The molecule has 1 aliphatic carbocycles. The highest BCUT2D eigenvalue weighted by Crippen LogP contribution is 2.34. The third-order valence-electron chi connectivity index (χ3n) is 17.5. The SMILES string of the molecule is CCC(CC)n1cc(-c2cnc(C)c(-c3cc(-c4cccc(C(C)N)c4)no3)n2)ccc1=O.CCC(CC)n1cc(-c2cnc(N)c(-c3cc(-c4ccc(CNC5CC5)cc4)no3)n2)ccc1=O.CNCc1ccc(-c2cc(-c3nc(-c4ccc(=O)n(CCOC)c4)cnc3N)on2)cc1.[HH].[HH]. The van der Waals surface area contributed by atoms with Crippen molar-refractivity contribution in [2.45, 2.75) is 124 Å². The van der Waals surface area contributed by atoms with Gasteiger partial charge in [0.05, 0.1) is 48.0 Å². The number of nitrogens with two attached hydrogens (primary N) is 3. The van der Waals surface area contributed by atoms with Gasteiger partial charge in [-0.3, -0.25) is 19.4 Å². The molecule has 9 aromatic heterocycles. The number of hydrogen-bond donors (Lipinski definition) is 5. The summed E-state index contributed by atoms with van der Waals surface area (Å²) < 4.78 is 27.0. The molecule has 1 fully saturated rings. The molecule has 1 unspecified atom stereocenters. The monoisotopic (exact) mass is 1350 g/mol. The van der Waals surface area contributed by atoms with Gasteiger partial charge in [0, 0.05) is 142 Å². The number of aromatic nitrogens is 12. The first-order valence-electron chi connectivity index (χ1n) is 33.6. The van der Waals surface area contributed by atoms with E-state index in [-0.39, 0.29) is 49.3 Å². The van der Waals surface area contributed by atoms with Crippen LogP contribution in [0.1, 0.15) is 117 Å². The van der Waals surface area contributed by atoms with Gasteiger partial charge in [-0.05, 0) is 100 Å². The van der Waals surface area contributed by atoms with Crippen molar-refractivity contribution in [1.29, 1.82) is 0 Å². The predicted octanol–water partition coefficient (Wildman–Crippen LogP) is 13.2. The normalized spacial score (nSPS) is 12.3. The van der Waals surface area contributed by atoms with Crippen molar-refractivity contribution in [3.05, 3.63) is 218 Å². The second-order valence-electron chi connectivity index (χ2n) is 24.6. The fourth-order valence-electron chi connectivity index (χ4n) is 11.4. The first-order valence-corrected chi connectivity index (χ1v) is 33.6. The molecule has 1 saturated carbocycles. The molecule has 12 aromatic rings. The van der Waals surface area contributed by atoms with Crippen molar-refractivity contribution in [2.75, 3.05) is 32.2 Å². The number of benzene rings is 3. The number of pyridine rings is 3. The van der Waals surface area contributed by atoms with Gasteiger partial charge in [0.25, 0.3) is 16.7 Å². The zero-order valence-electron chi connectivity index (χ0n) is 57.4. The Kier molecular flexibility index (Phi) is 22.8. The van der Waals surface area contributed by atoms with Crippen LogP contribution >= 0.6 is 0 Å². The fraction of sp³-hybridized carbons (Fsp3) is 0.289. The maximum Gasteiger partial charge on any atom is 0.250 e. The summed E-state index contributed by atoms with van der Waals surface area (Å²) in [7, 11) is 3.50. The fourth-order valence-corrected chi connectivity index (χ4v) is 11.4. The van der Waals surface area contributed by atoms with Crippen LogP contribution in [0.5, 0.6) is 0 Å². The molecule has 0 bridgehead atoms. The number of aryl methyl sites for hydroxylation is 1. The second-order valence-corrected chi connectivity index (χ2v) is 24.6. The average Bonchev–Trinajstić information content (AvgIpc) is 1.39. The molecule has 24 nitrogen and oxygen atoms in total. The van der Waals surface area contributed by atoms with E-state index in [1.54, 1.807) is 82.0 Å². The van der Waals surface area contributed by atoms with Crippen LogP contribution in [0.3, 0.4) is 0 Å². The van der Waals surface area contributed by atoms with Crippen molar-refractivity contribution in [3.8, 4) is 102 Å². The summed E-state index contributed by atoms with van der Waals surface area (Å²) in [6.07, 6.45) is 16.4. The minimum absolute atomic E-state index is 0. The van der Waals surface area contributed by atoms with E-state index in [9.17, 15) is 14.4 Å². The summed E-state index contributed by atoms with van der Waals surface area (Å²) in [5.41, 5.74) is 32.8. The van der Waals surface area contributed by atoms with Gasteiger partial charge in [-0.2, -0.15) is 0 Å². The lowest BCUT2D eigenvalue weighted by Gasteiger charge is -2.17. The lowest BCUT2D eigenvalue weighted by molar-refractivity contribution is 0.186. The van der Waals surface area contributed by atoms with Crippen LogP contribution in [0.25, 0.3) is 102 Å². The number of rotatable bonds is 24. The number of nitrogens with one attached hydrogen (secondary N) is 2. The number of anilines is 2. The zero-order valence-corrected chi connectivity index (χ0v) is 57.4. The average molecular weight is 1350 g/mol. The highest BCUT2D eigenvalue weighted by Gasteiger charge is 2.23. The molecule has 24 heteroatoms. The Hall–Kier alpha value is -11.2. The van der Waals surface area contributed by atoms with Crippen LogP contribution in [0.2, 0.25) is 0 Å². The molecule has 0 saturated heterocycles. The van der Waals surface area contributed by atoms with Gasteiger partial charge >= 0.3 is 0 Å². The molecule has 13 rings (SSSR count). The minimum atomic E-state index is -0.116. The lowest BCUT2D eigenvalue weighted by Crippen LogP contribution is -2.23. The number of nitrogens with zero attached hydrogens (tertiary/aromatic N) is 12. The van der Waals surface area contributed by atoms with Gasteiger partial charge in [0.2, 0.25) is 0 Å². The van der Waals surface area contributed by atoms with E-state index in [1.807, 2.05) is 106 Å². The lowest BCUT2D eigenvalue weighted by atomic mass is 10.0. The van der Waals surface area contributed by atoms with Crippen molar-refractivity contribution >= 4 is 11.6 Å². The van der Waals surface area contributed by atoms with Crippen LogP contribution in [-0.4, -0.2) is 85.9 Å². The standard InChI is InChI=1S/C27H30N6O2.C26H29N5O2.C23H24N6O3.2H2/c1-3-21(4-2)33-16-19(9-12-25(33)34)23-15-30-27(28)26(31-23)24-13-22(32-35-24)18-7-5-17(6-8-18)14-29-20-10-11-20;1-5-21(6-2)31-15-20(10-11-25(31)32)23-14-28-17(4)26(29-23)24-13-22(30-33-24)19-9-7-8-18(12-19)16(3)27;1-25-12-15-3-5-16(6-4-15)18-11-20(32-28-18)22-23(24)26-13-19(27-22)17-7-8-21(30)29(14-17)9-10-31-2;;/h5-9,12-13,15-16,20-21,29H,3-4,10-11,14H2,1-2H3,(H2,28,30);7-16,21H,5-6,27H2,1-4H3;3-8,11,13-14,25H,9-10,12H2,1-2H3,(H2,24,26);2*1H. The first kappa shape index (κ1) is 70.1. The Morgan fingerprint density at radius 1 is 0.540 bits per heavy atom. The van der Waals surface area contributed by atoms with E-state index < -0.39 is 0 Å². The minimum Gasteiger partial charge on any atom is -0.383 e. The molecule has 518 valence electrons. The Labute approximate surface area is 581 Å². The summed E-state index contributed by atoms with van der Waals surface area (Å²) in [6.45, 7) is 14.7. The van der Waals surface area contributed by atoms with E-state index in [4.69, 9.17) is 45.5 Å². The number of hydrogen-bond acceptors (Lipinski definition) is 21. The van der Waals surface area contributed by atoms with Gasteiger partial charge in [-0.15, -0.1) is 0 Å². The molecule has 9 heterocycles. The molecule has 8 N–H and O–H groups in total. The summed E-state index contributed by atoms with van der Waals surface area (Å²) in [5, 5.41) is 19.3. The molecule has 0 radical (unpaired) electrons. The van der Waals surface area contributed by atoms with Gasteiger partial charge in [0.15, 0.2) is 40.3 Å². The van der Waals surface area contributed by atoms with Crippen LogP contribution in [0, 0.1) is 6.92 Å². The smallest absolute Gasteiger partial charge is 0.250 e. The zero-order chi connectivity index (χ0) is 70.4. The van der Waals surface area contributed by atoms with Crippen LogP contribution in [0.4, 0.5) is 11.6 Å². The molecule has 100 heavy (non-hydrogen) atoms. The third kappa shape index (κ3) is 16.8. The summed E-state index contributed by atoms with van der Waals surface area (Å²) >= 11 is 0. The van der Waals surface area contributed by atoms with Crippen molar-refractivity contribution < 1.29 is 21.2 Å². The van der Waals surface area contributed by atoms with E-state index in [2.05, 4.69) is 85.9 Å². The molecule has 0 amide bonds. The maximum atomic E-state index is 12.4. The van der Waals surface area contributed by atoms with Crippen molar-refractivity contribution in [2.24, 2.45) is 5.73 Å². The number of ether oxygens (including phenoxy) is 1. The van der Waals surface area contributed by atoms with Crippen molar-refractivity contribution in [3.63, 3.8) is 0 Å². The Bertz CT molecular complexity index is 4940. The Balaban J connectivity index is 0.000000176. The Morgan fingerprint density at radius 3 is 1.45 bits per heavy atom. The van der Waals surface area contributed by atoms with Gasteiger partial charge in [-0.25, -0.2) is 24.9 Å². The molecular formula is C76H87N17O7. The van der Waals surface area contributed by atoms with Crippen LogP contribution in [0.15, 0.2) is 193 Å². The van der Waals surface area contributed by atoms with E-state index in [0.29, 0.717) is 87.7 Å². The molecule has 3 aromatic carbocycles. The topological polar surface area (TPSA) is 333 Å². The van der Waals surface area contributed by atoms with Gasteiger partial charge in [-0.1, -0.05) is 110 Å². The van der Waals surface area contributed by atoms with Crippen LogP contribution < -0.4 is 44.5 Å². The summed E-state index contributed by atoms with van der Waals surface area (Å²) in [4.78, 5) is 64.2. The largest absolute Gasteiger partial charge is 0.383 e. The quantitative estimate of drug-likeness (QED) is 0.0375. The van der Waals surface area contributed by atoms with E-state index in [0.717, 1.165) is 83.4 Å². The molecule has 1 atom stereocenters. The van der Waals surface area contributed by atoms with E-state index >= 15 is 0 Å². The van der Waals surface area contributed by atoms with E-state index in [1.165, 1.54) is 30.0 Å². The van der Waals surface area contributed by atoms with Crippen LogP contribution in [-0.2, 0) is 24.4 Å². The summed E-state index contributed by atoms with van der Waals surface area (Å²) in [5.74, 6) is 1.88. The maximum absolute atomic E-state index is 12.4. The molecule has 0 aliphatic heterocycles. The molecule has 0 spiro atoms. The number of nitrogen functional groups attached to an aromatic ring is 2. The number of methoxy groups -OCH3 is 1. The predicted molar refractivity (Wildman–Crippen MR) is 392 cm³/mol. The molecular weight excluding hydrogens is 1260 g/mol. The Morgan fingerprint density at radius 2 is 0.980 bits per heavy atom.